The number of anilines is 1. The van der Waals surface area contributed by atoms with Crippen LogP contribution in [-0.2, 0) is 4.79 Å². The number of hydrogen-bond acceptors (Lipinski definition) is 4. The van der Waals surface area contributed by atoms with Crippen LogP contribution >= 0.6 is 11.8 Å². The summed E-state index contributed by atoms with van der Waals surface area (Å²) in [6.07, 6.45) is 7.04. The quantitative estimate of drug-likeness (QED) is 0.915. The van der Waals surface area contributed by atoms with Crippen LogP contribution in [0.15, 0.2) is 36.8 Å². The molecule has 0 saturated heterocycles. The molecule has 94 valence electrons. The van der Waals surface area contributed by atoms with E-state index in [4.69, 9.17) is 0 Å². The molecule has 0 radical (unpaired) electrons. The number of nitrogens with zero attached hydrogens (tertiary/aromatic N) is 3. The second-order valence-corrected chi connectivity index (χ2v) is 4.87. The van der Waals surface area contributed by atoms with Gasteiger partial charge in [-0.05, 0) is 31.4 Å². The van der Waals surface area contributed by atoms with Gasteiger partial charge in [-0.1, -0.05) is 0 Å². The lowest BCUT2D eigenvalue weighted by atomic mass is 10.3. The van der Waals surface area contributed by atoms with Crippen LogP contribution in [0.1, 0.15) is 6.92 Å². The number of nitrogens with one attached hydrogen (secondary N) is 1. The first-order chi connectivity index (χ1) is 8.72. The molecule has 1 atom stereocenters. The van der Waals surface area contributed by atoms with Crippen molar-refractivity contribution in [3.8, 4) is 5.82 Å². The smallest absolute Gasteiger partial charge is 0.237 e. The molecule has 5 nitrogen and oxygen atoms in total. The van der Waals surface area contributed by atoms with Crippen molar-refractivity contribution < 1.29 is 4.79 Å². The Bertz CT molecular complexity index is 527. The maximum Gasteiger partial charge on any atom is 0.237 e. The highest BCUT2D eigenvalue weighted by atomic mass is 32.2. The molecule has 0 aliphatic rings. The number of thioether (sulfide) groups is 1. The predicted molar refractivity (Wildman–Crippen MR) is 73.0 cm³/mol. The minimum atomic E-state index is -0.101. The molecule has 1 N–H and O–H groups in total. The van der Waals surface area contributed by atoms with Crippen molar-refractivity contribution in [3.05, 3.63) is 36.8 Å². The molecule has 0 aliphatic carbocycles. The van der Waals surface area contributed by atoms with Gasteiger partial charge in [-0.2, -0.15) is 16.9 Å². The molecule has 2 rings (SSSR count). The minimum absolute atomic E-state index is 0.0380. The molecule has 1 unspecified atom stereocenters. The molecule has 2 aromatic rings. The van der Waals surface area contributed by atoms with Crippen molar-refractivity contribution in [3.63, 3.8) is 0 Å². The van der Waals surface area contributed by atoms with Gasteiger partial charge in [0.05, 0.1) is 10.9 Å². The summed E-state index contributed by atoms with van der Waals surface area (Å²) in [5.41, 5.74) is 0.659. The number of amides is 1. The van der Waals surface area contributed by atoms with Crippen LogP contribution in [0.5, 0.6) is 0 Å². The largest absolute Gasteiger partial charge is 0.322 e. The summed E-state index contributed by atoms with van der Waals surface area (Å²) < 4.78 is 1.62. The van der Waals surface area contributed by atoms with Crippen LogP contribution in [0, 0.1) is 0 Å². The number of rotatable bonds is 4. The van der Waals surface area contributed by atoms with Crippen molar-refractivity contribution >= 4 is 23.4 Å². The van der Waals surface area contributed by atoms with E-state index in [9.17, 15) is 4.79 Å². The second kappa shape index (κ2) is 5.68. The van der Waals surface area contributed by atoms with Crippen LogP contribution in [0.4, 0.5) is 5.69 Å². The zero-order chi connectivity index (χ0) is 13.0. The van der Waals surface area contributed by atoms with Gasteiger partial charge in [-0.3, -0.25) is 4.79 Å². The zero-order valence-electron chi connectivity index (χ0n) is 10.2. The molecule has 0 spiro atoms. The monoisotopic (exact) mass is 262 g/mol. The molecule has 6 heteroatoms. The van der Waals surface area contributed by atoms with Gasteiger partial charge in [-0.15, -0.1) is 0 Å². The number of aromatic nitrogens is 3. The highest BCUT2D eigenvalue weighted by Gasteiger charge is 2.14. The van der Waals surface area contributed by atoms with Crippen molar-refractivity contribution in [1.82, 2.24) is 14.8 Å². The van der Waals surface area contributed by atoms with Crippen molar-refractivity contribution in [2.75, 3.05) is 11.6 Å². The Hall–Kier alpha value is -1.82. The standard InChI is InChI=1S/C12H14N4OS/c1-9(18-2)12(17)15-10-5-3-6-13-11(10)16-8-4-7-14-16/h3-9H,1-2H3,(H,15,17). The van der Waals surface area contributed by atoms with Gasteiger partial charge in [0.15, 0.2) is 5.82 Å². The van der Waals surface area contributed by atoms with Crippen LogP contribution < -0.4 is 5.32 Å². The highest BCUT2D eigenvalue weighted by Crippen LogP contribution is 2.17. The Balaban J connectivity index is 2.26. The number of carbonyl (C=O) groups is 1. The molecule has 18 heavy (non-hydrogen) atoms. The fourth-order valence-electron chi connectivity index (χ4n) is 1.41. The van der Waals surface area contributed by atoms with Gasteiger partial charge in [0.25, 0.3) is 0 Å². The molecule has 0 fully saturated rings. The normalized spacial score (nSPS) is 12.1. The highest BCUT2D eigenvalue weighted by molar-refractivity contribution is 7.99. The topological polar surface area (TPSA) is 59.8 Å². The van der Waals surface area contributed by atoms with Crippen LogP contribution in [0.25, 0.3) is 5.82 Å². The van der Waals surface area contributed by atoms with E-state index in [2.05, 4.69) is 15.4 Å². The SMILES string of the molecule is CSC(C)C(=O)Nc1cccnc1-n1cccn1. The Morgan fingerprint density at radius 2 is 2.28 bits per heavy atom. The first-order valence-corrected chi connectivity index (χ1v) is 6.80. The third-order valence-corrected chi connectivity index (χ3v) is 3.41. The van der Waals surface area contributed by atoms with Crippen molar-refractivity contribution in [1.29, 1.82) is 0 Å². The van der Waals surface area contributed by atoms with Crippen LogP contribution in [0.2, 0.25) is 0 Å². The summed E-state index contributed by atoms with van der Waals surface area (Å²) in [5, 5.41) is 6.88. The molecule has 0 bridgehead atoms. The molecule has 2 aromatic heterocycles. The molecule has 1 amide bonds. The summed E-state index contributed by atoms with van der Waals surface area (Å²) in [4.78, 5) is 16.1. The lowest BCUT2D eigenvalue weighted by Crippen LogP contribution is -2.23. The summed E-state index contributed by atoms with van der Waals surface area (Å²) in [5.74, 6) is 0.577. The third kappa shape index (κ3) is 2.70. The van der Waals surface area contributed by atoms with E-state index < -0.39 is 0 Å². The van der Waals surface area contributed by atoms with E-state index in [-0.39, 0.29) is 11.2 Å². The van der Waals surface area contributed by atoms with E-state index >= 15 is 0 Å². The van der Waals surface area contributed by atoms with Gasteiger partial charge < -0.3 is 5.32 Å². The average molecular weight is 262 g/mol. The zero-order valence-corrected chi connectivity index (χ0v) is 11.0. The molecular weight excluding hydrogens is 248 g/mol. The minimum Gasteiger partial charge on any atom is -0.322 e. The van der Waals surface area contributed by atoms with Crippen LogP contribution in [0.3, 0.4) is 0 Å². The Labute approximate surface area is 110 Å². The fraction of sp³-hybridized carbons (Fsp3) is 0.250. The van der Waals surface area contributed by atoms with Gasteiger partial charge in [0.2, 0.25) is 5.91 Å². The Kier molecular flexibility index (Phi) is 3.99. The number of pyridine rings is 1. The maximum absolute atomic E-state index is 11.9. The molecule has 0 aromatic carbocycles. The first-order valence-electron chi connectivity index (χ1n) is 5.51. The lowest BCUT2D eigenvalue weighted by Gasteiger charge is -2.12. The van der Waals surface area contributed by atoms with E-state index in [1.54, 1.807) is 29.3 Å². The van der Waals surface area contributed by atoms with Crippen molar-refractivity contribution in [2.24, 2.45) is 0 Å². The van der Waals surface area contributed by atoms with E-state index in [1.165, 1.54) is 11.8 Å². The number of carbonyl (C=O) groups excluding carboxylic acids is 1. The molecule has 2 heterocycles. The van der Waals surface area contributed by atoms with Gasteiger partial charge in [-0.25, -0.2) is 9.67 Å². The second-order valence-electron chi connectivity index (χ2n) is 3.69. The summed E-state index contributed by atoms with van der Waals surface area (Å²) in [6, 6.07) is 5.41. The van der Waals surface area contributed by atoms with Gasteiger partial charge >= 0.3 is 0 Å². The van der Waals surface area contributed by atoms with E-state index in [0.29, 0.717) is 11.5 Å². The average Bonchev–Trinajstić information content (AvgIpc) is 2.92. The summed E-state index contributed by atoms with van der Waals surface area (Å²) in [6.45, 7) is 1.87. The fourth-order valence-corrected chi connectivity index (χ4v) is 1.69. The van der Waals surface area contributed by atoms with E-state index in [0.717, 1.165) is 0 Å². The van der Waals surface area contributed by atoms with Gasteiger partial charge in [0, 0.05) is 18.6 Å². The first kappa shape index (κ1) is 12.6. The Morgan fingerprint density at radius 3 is 2.94 bits per heavy atom. The lowest BCUT2D eigenvalue weighted by molar-refractivity contribution is -0.115. The molecular formula is C12H14N4OS. The summed E-state index contributed by atoms with van der Waals surface area (Å²) >= 11 is 1.50. The van der Waals surface area contributed by atoms with Gasteiger partial charge in [0.1, 0.15) is 0 Å². The van der Waals surface area contributed by atoms with Crippen LogP contribution in [-0.4, -0.2) is 32.2 Å². The molecule has 0 saturated carbocycles. The summed E-state index contributed by atoms with van der Waals surface area (Å²) in [7, 11) is 0. The van der Waals surface area contributed by atoms with E-state index in [1.807, 2.05) is 25.3 Å². The van der Waals surface area contributed by atoms with Crippen molar-refractivity contribution in [2.45, 2.75) is 12.2 Å². The predicted octanol–water partition coefficient (Wildman–Crippen LogP) is 1.96. The number of hydrogen-bond donors (Lipinski definition) is 1. The maximum atomic E-state index is 11.9. The molecule has 0 aliphatic heterocycles. The Morgan fingerprint density at radius 1 is 1.44 bits per heavy atom. The third-order valence-electron chi connectivity index (χ3n) is 2.49.